The van der Waals surface area contributed by atoms with Gasteiger partial charge >= 0.3 is 5.97 Å². The summed E-state index contributed by atoms with van der Waals surface area (Å²) in [6.07, 6.45) is 1.64. The van der Waals surface area contributed by atoms with Gasteiger partial charge in [0.1, 0.15) is 5.75 Å². The van der Waals surface area contributed by atoms with Crippen molar-refractivity contribution in [3.63, 3.8) is 0 Å². The molecule has 0 spiro atoms. The number of methoxy groups -OCH3 is 1. The number of thiocarbonyl (C=S) groups is 1. The fraction of sp³-hybridized carbons (Fsp3) is 0.444. The molecule has 0 saturated heterocycles. The summed E-state index contributed by atoms with van der Waals surface area (Å²) < 4.78 is 10.6. The molecule has 6 heteroatoms. The Labute approximate surface area is 148 Å². The van der Waals surface area contributed by atoms with Crippen molar-refractivity contribution in [1.29, 1.82) is 0 Å². The standard InChI is InChI=1S/C18H24N2O3S/c1-5-7-14-15(17(21)23-6-2)16(20-18(24)19-14)13-9-8-12(22-4)10-11(13)3/h8-10,16H,5-7H2,1-4H3,(H2,19,20,24)/t16-/m0/s1. The summed E-state index contributed by atoms with van der Waals surface area (Å²) in [5, 5.41) is 6.85. The molecule has 1 atom stereocenters. The predicted molar refractivity (Wildman–Crippen MR) is 97.9 cm³/mol. The van der Waals surface area contributed by atoms with Crippen LogP contribution in [0, 0.1) is 6.92 Å². The average Bonchev–Trinajstić information content (AvgIpc) is 2.54. The minimum atomic E-state index is -0.328. The van der Waals surface area contributed by atoms with E-state index in [0.29, 0.717) is 17.3 Å². The van der Waals surface area contributed by atoms with Gasteiger partial charge in [-0.25, -0.2) is 4.79 Å². The fourth-order valence-corrected chi connectivity index (χ4v) is 3.09. The number of hydrogen-bond acceptors (Lipinski definition) is 4. The molecule has 1 heterocycles. The lowest BCUT2D eigenvalue weighted by molar-refractivity contribution is -0.139. The first-order valence-electron chi connectivity index (χ1n) is 8.14. The Morgan fingerprint density at radius 2 is 2.08 bits per heavy atom. The van der Waals surface area contributed by atoms with Crippen molar-refractivity contribution in [3.8, 4) is 5.75 Å². The maximum absolute atomic E-state index is 12.6. The molecule has 1 aromatic carbocycles. The van der Waals surface area contributed by atoms with E-state index in [1.165, 1.54) is 0 Å². The van der Waals surface area contributed by atoms with Gasteiger partial charge < -0.3 is 20.1 Å². The molecule has 1 aromatic rings. The Hall–Kier alpha value is -2.08. The Kier molecular flexibility index (Phi) is 6.20. The lowest BCUT2D eigenvalue weighted by atomic mass is 9.91. The molecular formula is C18H24N2O3S. The zero-order valence-corrected chi connectivity index (χ0v) is 15.4. The molecule has 5 nitrogen and oxygen atoms in total. The van der Waals surface area contributed by atoms with Crippen molar-refractivity contribution in [1.82, 2.24) is 10.6 Å². The largest absolute Gasteiger partial charge is 0.497 e. The quantitative estimate of drug-likeness (QED) is 0.608. The highest BCUT2D eigenvalue weighted by atomic mass is 32.1. The van der Waals surface area contributed by atoms with Gasteiger partial charge in [0, 0.05) is 5.70 Å². The number of hydrogen-bond donors (Lipinski definition) is 2. The third-order valence-electron chi connectivity index (χ3n) is 3.94. The number of nitrogens with one attached hydrogen (secondary N) is 2. The van der Waals surface area contributed by atoms with Crippen molar-refractivity contribution in [2.24, 2.45) is 0 Å². The predicted octanol–water partition coefficient (Wildman–Crippen LogP) is 3.14. The Balaban J connectivity index is 2.53. The Morgan fingerprint density at radius 3 is 2.67 bits per heavy atom. The van der Waals surface area contributed by atoms with Gasteiger partial charge in [-0.2, -0.15) is 0 Å². The SMILES string of the molecule is CCCC1=C(C(=O)OCC)[C@H](c2ccc(OC)cc2C)NC(=S)N1. The molecule has 1 aliphatic heterocycles. The molecule has 0 radical (unpaired) electrons. The summed E-state index contributed by atoms with van der Waals surface area (Å²) >= 11 is 5.34. The molecule has 2 N–H and O–H groups in total. The topological polar surface area (TPSA) is 59.6 Å². The average molecular weight is 348 g/mol. The van der Waals surface area contributed by atoms with Gasteiger partial charge in [0.15, 0.2) is 5.11 Å². The number of ether oxygens (including phenoxy) is 2. The summed E-state index contributed by atoms with van der Waals surface area (Å²) in [6, 6.07) is 5.47. The molecule has 0 aromatic heterocycles. The van der Waals surface area contributed by atoms with Crippen LogP contribution in [0.2, 0.25) is 0 Å². The second-order valence-electron chi connectivity index (χ2n) is 5.62. The van der Waals surface area contributed by atoms with Crippen LogP contribution in [0.4, 0.5) is 0 Å². The van der Waals surface area contributed by atoms with Gasteiger partial charge in [-0.15, -0.1) is 0 Å². The first-order valence-corrected chi connectivity index (χ1v) is 8.54. The maximum Gasteiger partial charge on any atom is 0.338 e. The third-order valence-corrected chi connectivity index (χ3v) is 4.16. The van der Waals surface area contributed by atoms with E-state index in [-0.39, 0.29) is 12.0 Å². The monoisotopic (exact) mass is 348 g/mol. The zero-order chi connectivity index (χ0) is 17.7. The van der Waals surface area contributed by atoms with Crippen molar-refractivity contribution in [2.45, 2.75) is 39.7 Å². The second kappa shape index (κ2) is 8.15. The smallest absolute Gasteiger partial charge is 0.338 e. The summed E-state index contributed by atoms with van der Waals surface area (Å²) in [4.78, 5) is 12.6. The van der Waals surface area contributed by atoms with Crippen LogP contribution in [0.25, 0.3) is 0 Å². The summed E-state index contributed by atoms with van der Waals surface area (Å²) in [6.45, 7) is 6.20. The van der Waals surface area contributed by atoms with Gasteiger partial charge in [-0.1, -0.05) is 19.4 Å². The van der Waals surface area contributed by atoms with Gasteiger partial charge in [-0.3, -0.25) is 0 Å². The third kappa shape index (κ3) is 3.87. The normalized spacial score (nSPS) is 17.2. The molecule has 2 rings (SSSR count). The zero-order valence-electron chi connectivity index (χ0n) is 14.6. The van der Waals surface area contributed by atoms with Crippen molar-refractivity contribution >= 4 is 23.3 Å². The number of carbonyl (C=O) groups is 1. The lowest BCUT2D eigenvalue weighted by Crippen LogP contribution is -2.46. The van der Waals surface area contributed by atoms with Crippen LogP contribution in [-0.4, -0.2) is 24.8 Å². The van der Waals surface area contributed by atoms with Crippen LogP contribution < -0.4 is 15.4 Å². The molecule has 24 heavy (non-hydrogen) atoms. The minimum absolute atomic E-state index is 0.316. The lowest BCUT2D eigenvalue weighted by Gasteiger charge is -2.32. The van der Waals surface area contributed by atoms with Gasteiger partial charge in [0.05, 0.1) is 25.3 Å². The van der Waals surface area contributed by atoms with Crippen molar-refractivity contribution in [2.75, 3.05) is 13.7 Å². The second-order valence-corrected chi connectivity index (χ2v) is 6.02. The Morgan fingerprint density at radius 1 is 1.33 bits per heavy atom. The van der Waals surface area contributed by atoms with E-state index < -0.39 is 0 Å². The van der Waals surface area contributed by atoms with E-state index in [9.17, 15) is 4.79 Å². The molecule has 0 amide bonds. The van der Waals surface area contributed by atoms with Crippen molar-refractivity contribution < 1.29 is 14.3 Å². The van der Waals surface area contributed by atoms with Gasteiger partial charge in [0.25, 0.3) is 0 Å². The van der Waals surface area contributed by atoms with E-state index in [1.807, 2.05) is 25.1 Å². The van der Waals surface area contributed by atoms with Crippen LogP contribution in [0.1, 0.15) is 43.9 Å². The van der Waals surface area contributed by atoms with Crippen LogP contribution >= 0.6 is 12.2 Å². The number of allylic oxidation sites excluding steroid dienone is 1. The highest BCUT2D eigenvalue weighted by Crippen LogP contribution is 2.32. The highest BCUT2D eigenvalue weighted by Gasteiger charge is 2.32. The van der Waals surface area contributed by atoms with E-state index in [1.54, 1.807) is 14.0 Å². The number of carbonyl (C=O) groups excluding carboxylic acids is 1. The maximum atomic E-state index is 12.6. The molecule has 0 bridgehead atoms. The summed E-state index contributed by atoms with van der Waals surface area (Å²) in [7, 11) is 1.63. The van der Waals surface area contributed by atoms with E-state index in [2.05, 4.69) is 17.6 Å². The molecule has 0 unspecified atom stereocenters. The van der Waals surface area contributed by atoms with Crippen LogP contribution in [-0.2, 0) is 9.53 Å². The minimum Gasteiger partial charge on any atom is -0.497 e. The highest BCUT2D eigenvalue weighted by molar-refractivity contribution is 7.80. The number of rotatable bonds is 6. The van der Waals surface area contributed by atoms with Crippen LogP contribution in [0.5, 0.6) is 5.75 Å². The summed E-state index contributed by atoms with van der Waals surface area (Å²) in [5.41, 5.74) is 3.44. The molecule has 1 aliphatic rings. The van der Waals surface area contributed by atoms with Gasteiger partial charge in [-0.05, 0) is 55.7 Å². The summed E-state index contributed by atoms with van der Waals surface area (Å²) in [5.74, 6) is 0.465. The Bertz CT molecular complexity index is 670. The molecule has 130 valence electrons. The number of esters is 1. The van der Waals surface area contributed by atoms with E-state index in [0.717, 1.165) is 35.4 Å². The van der Waals surface area contributed by atoms with Crippen molar-refractivity contribution in [3.05, 3.63) is 40.6 Å². The van der Waals surface area contributed by atoms with E-state index in [4.69, 9.17) is 21.7 Å². The van der Waals surface area contributed by atoms with Crippen LogP contribution in [0.15, 0.2) is 29.5 Å². The fourth-order valence-electron chi connectivity index (χ4n) is 2.85. The van der Waals surface area contributed by atoms with E-state index >= 15 is 0 Å². The molecule has 0 fully saturated rings. The van der Waals surface area contributed by atoms with Gasteiger partial charge in [0.2, 0.25) is 0 Å². The molecular weight excluding hydrogens is 324 g/mol. The first-order chi connectivity index (χ1) is 11.5. The number of aryl methyl sites for hydroxylation is 1. The first kappa shape index (κ1) is 18.3. The molecule has 0 saturated carbocycles. The van der Waals surface area contributed by atoms with Crippen LogP contribution in [0.3, 0.4) is 0 Å². The molecule has 0 aliphatic carbocycles. The number of benzene rings is 1.